The number of aliphatic hydroxyl groups excluding tert-OH is 1. The van der Waals surface area contributed by atoms with E-state index in [1.54, 1.807) is 0 Å². The molecule has 0 atom stereocenters. The van der Waals surface area contributed by atoms with E-state index in [2.05, 4.69) is 18.7 Å². The van der Waals surface area contributed by atoms with Crippen LogP contribution in [0.15, 0.2) is 11.8 Å². The Kier molecular flexibility index (Phi) is 19.8. The fourth-order valence-electron chi connectivity index (χ4n) is 1.04. The van der Waals surface area contributed by atoms with Gasteiger partial charge in [-0.25, -0.2) is 0 Å². The molecule has 0 aliphatic rings. The van der Waals surface area contributed by atoms with Gasteiger partial charge in [-0.15, -0.1) is 6.42 Å². The summed E-state index contributed by atoms with van der Waals surface area (Å²) in [7, 11) is 0. The summed E-state index contributed by atoms with van der Waals surface area (Å²) < 4.78 is 0. The van der Waals surface area contributed by atoms with Crippen LogP contribution in [-0.4, -0.2) is 41.7 Å². The molecule has 0 saturated carbocycles. The largest absolute Gasteiger partial charge is 0.542 e. The van der Waals surface area contributed by atoms with Crippen molar-refractivity contribution in [3.05, 3.63) is 11.8 Å². The number of carbonyl (C=O) groups excluding carboxylic acids is 2. The second-order valence-corrected chi connectivity index (χ2v) is 3.32. The van der Waals surface area contributed by atoms with Gasteiger partial charge < -0.3 is 14.8 Å². The number of nitrogens with zero attached hydrogens (tertiary/aromatic N) is 1. The molecule has 0 aliphatic heterocycles. The van der Waals surface area contributed by atoms with Gasteiger partial charge in [0.25, 0.3) is 0 Å². The summed E-state index contributed by atoms with van der Waals surface area (Å²) in [5, 5.41) is 8.36. The van der Waals surface area contributed by atoms with Crippen LogP contribution >= 0.6 is 0 Å². The topological polar surface area (TPSA) is 57.6 Å². The molecule has 0 aromatic rings. The van der Waals surface area contributed by atoms with Crippen LogP contribution in [0.3, 0.4) is 0 Å². The first kappa shape index (κ1) is 21.8. The fraction of sp³-hybridized carbons (Fsp3) is 0.667. The number of ketones is 1. The van der Waals surface area contributed by atoms with E-state index < -0.39 is 0 Å². The molecule has 0 aliphatic carbocycles. The van der Waals surface area contributed by atoms with Crippen LogP contribution in [0.2, 0.25) is 0 Å². The predicted molar refractivity (Wildman–Crippen MR) is 65.2 cm³/mol. The quantitative estimate of drug-likeness (QED) is 0.349. The van der Waals surface area contributed by atoms with Crippen molar-refractivity contribution in [2.24, 2.45) is 0 Å². The van der Waals surface area contributed by atoms with Gasteiger partial charge in [0, 0.05) is 26.5 Å². The summed E-state index contributed by atoms with van der Waals surface area (Å²) in [6, 6.07) is 0. The molecular weight excluding hydrogens is 313 g/mol. The maximum Gasteiger partial charge on any atom is 0.155 e. The second-order valence-electron chi connectivity index (χ2n) is 3.32. The molecule has 0 unspecified atom stereocenters. The van der Waals surface area contributed by atoms with Crippen molar-refractivity contribution in [3.8, 4) is 0 Å². The van der Waals surface area contributed by atoms with Gasteiger partial charge in [0.2, 0.25) is 0 Å². The van der Waals surface area contributed by atoms with Gasteiger partial charge in [0.15, 0.2) is 5.78 Å². The number of aliphatic hydroxyl groups is 1. The van der Waals surface area contributed by atoms with E-state index in [0.717, 1.165) is 19.6 Å². The average molecular weight is 335 g/mol. The first-order chi connectivity index (χ1) is 7.47. The molecule has 5 heteroatoms. The van der Waals surface area contributed by atoms with E-state index in [1.165, 1.54) is 19.9 Å². The first-order valence-electron chi connectivity index (χ1n) is 5.43. The molecule has 0 spiro atoms. The summed E-state index contributed by atoms with van der Waals surface area (Å²) in [5.41, 5.74) is 0. The van der Waals surface area contributed by atoms with Gasteiger partial charge in [0.1, 0.15) is 0 Å². The minimum absolute atomic E-state index is 0. The molecule has 0 aromatic heterocycles. The van der Waals surface area contributed by atoms with E-state index in [-0.39, 0.29) is 32.0 Å². The SMILES string of the molecule is CC(=O)/C=C(/C)O.CCN(CC)CC[C-]=O.[Pd]. The molecule has 0 fully saturated rings. The Morgan fingerprint density at radius 1 is 1.29 bits per heavy atom. The molecule has 4 nitrogen and oxygen atoms in total. The maximum absolute atomic E-state index is 10.0. The Bertz CT molecular complexity index is 222. The Hall–Kier alpha value is -0.498. The molecule has 0 heterocycles. The van der Waals surface area contributed by atoms with Gasteiger partial charge in [-0.3, -0.25) is 11.1 Å². The Labute approximate surface area is 118 Å². The summed E-state index contributed by atoms with van der Waals surface area (Å²) in [6.07, 6.45) is 3.59. The third-order valence-corrected chi connectivity index (χ3v) is 1.84. The monoisotopic (exact) mass is 334 g/mol. The van der Waals surface area contributed by atoms with E-state index in [1.807, 2.05) is 6.29 Å². The zero-order valence-electron chi connectivity index (χ0n) is 10.9. The summed E-state index contributed by atoms with van der Waals surface area (Å²) in [6.45, 7) is 9.94. The molecule has 104 valence electrons. The number of allylic oxidation sites excluding steroid dienone is 2. The van der Waals surface area contributed by atoms with Crippen LogP contribution in [0, 0.1) is 0 Å². The van der Waals surface area contributed by atoms with Crippen molar-refractivity contribution >= 4 is 12.1 Å². The molecule has 1 N–H and O–H groups in total. The summed E-state index contributed by atoms with van der Waals surface area (Å²) in [5.74, 6) is -0.0625. The van der Waals surface area contributed by atoms with Crippen molar-refractivity contribution < 1.29 is 35.1 Å². The zero-order chi connectivity index (χ0) is 13.0. The Morgan fingerprint density at radius 2 is 1.76 bits per heavy atom. The van der Waals surface area contributed by atoms with Crippen LogP contribution in [-0.2, 0) is 30.0 Å². The van der Waals surface area contributed by atoms with Crippen LogP contribution in [0.1, 0.15) is 34.1 Å². The average Bonchev–Trinajstić information content (AvgIpc) is 2.18. The molecule has 17 heavy (non-hydrogen) atoms. The number of hydrogen-bond donors (Lipinski definition) is 1. The van der Waals surface area contributed by atoms with Gasteiger partial charge in [-0.05, 0) is 33.5 Å². The molecule has 0 rings (SSSR count). The molecule has 0 aromatic carbocycles. The van der Waals surface area contributed by atoms with Crippen molar-refractivity contribution in [2.75, 3.05) is 19.6 Å². The molecular formula is C12H22NO3Pd-. The van der Waals surface area contributed by atoms with E-state index >= 15 is 0 Å². The number of carbonyl (C=O) groups is 1. The smallest absolute Gasteiger partial charge is 0.155 e. The van der Waals surface area contributed by atoms with Gasteiger partial charge >= 0.3 is 0 Å². The van der Waals surface area contributed by atoms with Gasteiger partial charge in [-0.2, -0.15) is 0 Å². The van der Waals surface area contributed by atoms with Crippen molar-refractivity contribution in [1.82, 2.24) is 4.90 Å². The fourth-order valence-corrected chi connectivity index (χ4v) is 1.04. The Morgan fingerprint density at radius 3 is 1.94 bits per heavy atom. The van der Waals surface area contributed by atoms with Crippen molar-refractivity contribution in [1.29, 1.82) is 0 Å². The maximum atomic E-state index is 10.0. The van der Waals surface area contributed by atoms with Crippen molar-refractivity contribution in [2.45, 2.75) is 34.1 Å². The molecule has 0 amide bonds. The van der Waals surface area contributed by atoms with E-state index in [9.17, 15) is 9.59 Å². The van der Waals surface area contributed by atoms with Crippen LogP contribution < -0.4 is 0 Å². The summed E-state index contributed by atoms with van der Waals surface area (Å²) in [4.78, 5) is 22.0. The third-order valence-electron chi connectivity index (χ3n) is 1.84. The Balaban J connectivity index is -0.000000224. The minimum atomic E-state index is -0.125. The second kappa shape index (κ2) is 15.5. The minimum Gasteiger partial charge on any atom is -0.542 e. The molecule has 0 radical (unpaired) electrons. The standard InChI is InChI=1S/C7H14NO.C5H8O2.Pd/c1-3-8(4-2)6-5-7-9;1-4(6)3-5(2)7;/h3-6H2,1-2H3;3,6H,1-2H3;/q-1;;/b;4-3-;. The number of hydrogen-bond acceptors (Lipinski definition) is 4. The van der Waals surface area contributed by atoms with Crippen LogP contribution in [0.25, 0.3) is 0 Å². The van der Waals surface area contributed by atoms with Crippen molar-refractivity contribution in [3.63, 3.8) is 0 Å². The summed E-state index contributed by atoms with van der Waals surface area (Å²) >= 11 is 0. The van der Waals surface area contributed by atoms with Gasteiger partial charge in [-0.1, -0.05) is 13.8 Å². The van der Waals surface area contributed by atoms with E-state index in [0.29, 0.717) is 6.42 Å². The third kappa shape index (κ3) is 21.4. The normalized spacial score (nSPS) is 10.1. The molecule has 0 saturated heterocycles. The van der Waals surface area contributed by atoms with Crippen LogP contribution in [0.4, 0.5) is 0 Å². The first-order valence-corrected chi connectivity index (χ1v) is 5.43. The van der Waals surface area contributed by atoms with Gasteiger partial charge in [0.05, 0.1) is 5.76 Å². The van der Waals surface area contributed by atoms with Crippen LogP contribution in [0.5, 0.6) is 0 Å². The molecule has 0 bridgehead atoms. The van der Waals surface area contributed by atoms with E-state index in [4.69, 9.17) is 5.11 Å². The number of rotatable bonds is 6. The predicted octanol–water partition coefficient (Wildman–Crippen LogP) is 1.86. The zero-order valence-corrected chi connectivity index (χ0v) is 12.5.